The molecule has 3 nitrogen and oxygen atoms in total. The molecule has 0 aromatic rings. The first-order valence-electron chi connectivity index (χ1n) is 2.61. The Morgan fingerprint density at radius 3 is 1.50 bits per heavy atom. The molecule has 0 saturated heterocycles. The predicted molar refractivity (Wildman–Crippen MR) is 29.5 cm³/mol. The molecule has 0 aliphatic heterocycles. The van der Waals surface area contributed by atoms with Crippen LogP contribution >= 0.6 is 0 Å². The van der Waals surface area contributed by atoms with Crippen molar-refractivity contribution in [3.05, 3.63) is 0 Å². The second kappa shape index (κ2) is 4.11. The molecule has 0 atom stereocenters. The van der Waals surface area contributed by atoms with Crippen molar-refractivity contribution >= 4 is 11.8 Å². The van der Waals surface area contributed by atoms with E-state index in [2.05, 4.69) is 0 Å². The first-order chi connectivity index (χ1) is 3.85. The Balaban J connectivity index is 0. The van der Waals surface area contributed by atoms with Gasteiger partial charge in [0.15, 0.2) is 5.78 Å². The Kier molecular flexibility index (Phi) is 5.25. The minimum atomic E-state index is -1.61. The van der Waals surface area contributed by atoms with Crippen molar-refractivity contribution in [3.8, 4) is 0 Å². The molecule has 52 valence electrons. The van der Waals surface area contributed by atoms with E-state index in [1.807, 2.05) is 0 Å². The third-order valence-corrected chi connectivity index (χ3v) is 0.867. The van der Waals surface area contributed by atoms with E-state index >= 15 is 0 Å². The van der Waals surface area contributed by atoms with E-state index in [4.69, 9.17) is 0 Å². The molecule has 0 rings (SSSR count). The molecule has 0 aliphatic carbocycles. The van der Waals surface area contributed by atoms with E-state index < -0.39 is 17.2 Å². The van der Waals surface area contributed by atoms with E-state index in [1.165, 1.54) is 20.8 Å². The van der Waals surface area contributed by atoms with Gasteiger partial charge in [-0.25, -0.2) is 0 Å². The van der Waals surface area contributed by atoms with Crippen LogP contribution in [0.25, 0.3) is 0 Å². The standard InChI is InChI=1S/C6H10O3.Na/c1-6(2,3)4(7)5(8)9;/h1-3H3,(H,8,9);/q;+1/p-1. The summed E-state index contributed by atoms with van der Waals surface area (Å²) in [4.78, 5) is 20.4. The normalized spacial score (nSPS) is 9.90. The number of Topliss-reactive ketones (excluding diaryl/α,β-unsaturated/α-hetero) is 1. The zero-order valence-corrected chi connectivity index (χ0v) is 8.72. The van der Waals surface area contributed by atoms with E-state index in [0.29, 0.717) is 0 Å². The molecule has 4 heteroatoms. The van der Waals surface area contributed by atoms with Crippen molar-refractivity contribution in [2.45, 2.75) is 20.8 Å². The van der Waals surface area contributed by atoms with E-state index in [-0.39, 0.29) is 29.6 Å². The summed E-state index contributed by atoms with van der Waals surface area (Å²) in [6.45, 7) is 4.60. The van der Waals surface area contributed by atoms with E-state index in [0.717, 1.165) is 0 Å². The van der Waals surface area contributed by atoms with Gasteiger partial charge in [-0.05, 0) is 0 Å². The number of ketones is 1. The Morgan fingerprint density at radius 1 is 1.20 bits per heavy atom. The maximum Gasteiger partial charge on any atom is 1.00 e. The molecule has 0 unspecified atom stereocenters. The second-order valence-corrected chi connectivity index (χ2v) is 2.87. The van der Waals surface area contributed by atoms with Crippen LogP contribution in [-0.4, -0.2) is 11.8 Å². The minimum Gasteiger partial charge on any atom is -0.542 e. The first-order valence-corrected chi connectivity index (χ1v) is 2.61. The molecule has 10 heavy (non-hydrogen) atoms. The number of aliphatic carboxylic acids is 1. The summed E-state index contributed by atoms with van der Waals surface area (Å²) in [5.74, 6) is -2.47. The van der Waals surface area contributed by atoms with Crippen molar-refractivity contribution in [2.75, 3.05) is 0 Å². The van der Waals surface area contributed by atoms with Crippen molar-refractivity contribution in [1.82, 2.24) is 0 Å². The maximum atomic E-state index is 10.5. The SMILES string of the molecule is CC(C)(C)C(=O)C(=O)[O-].[Na+]. The molecule has 0 aliphatic rings. The zero-order valence-electron chi connectivity index (χ0n) is 6.72. The summed E-state index contributed by atoms with van der Waals surface area (Å²) in [7, 11) is 0. The van der Waals surface area contributed by atoms with Gasteiger partial charge in [0.25, 0.3) is 0 Å². The molecule has 0 aromatic carbocycles. The van der Waals surface area contributed by atoms with Crippen LogP contribution in [0.4, 0.5) is 0 Å². The third kappa shape index (κ3) is 4.04. The van der Waals surface area contributed by atoms with Crippen LogP contribution < -0.4 is 34.7 Å². The first kappa shape index (κ1) is 12.8. The number of carbonyl (C=O) groups excluding carboxylic acids is 2. The van der Waals surface area contributed by atoms with Crippen molar-refractivity contribution in [3.63, 3.8) is 0 Å². The number of hydrogen-bond acceptors (Lipinski definition) is 3. The van der Waals surface area contributed by atoms with Gasteiger partial charge >= 0.3 is 29.6 Å². The summed E-state index contributed by atoms with van der Waals surface area (Å²) >= 11 is 0. The fourth-order valence-electron chi connectivity index (χ4n) is 0.306. The molecule has 0 spiro atoms. The van der Waals surface area contributed by atoms with Gasteiger partial charge in [0.1, 0.15) is 5.97 Å². The fraction of sp³-hybridized carbons (Fsp3) is 0.667. The number of carboxylic acids is 1. The van der Waals surface area contributed by atoms with Crippen molar-refractivity contribution in [1.29, 1.82) is 0 Å². The largest absolute Gasteiger partial charge is 1.00 e. The van der Waals surface area contributed by atoms with E-state index in [9.17, 15) is 14.7 Å². The quantitative estimate of drug-likeness (QED) is 0.287. The monoisotopic (exact) mass is 152 g/mol. The zero-order chi connectivity index (χ0) is 7.65. The summed E-state index contributed by atoms with van der Waals surface area (Å²) in [5.41, 5.74) is -0.821. The Bertz CT molecular complexity index is 146. The molecular weight excluding hydrogens is 143 g/mol. The molecule has 0 bridgehead atoms. The Labute approximate surface area is 82.1 Å². The van der Waals surface area contributed by atoms with Gasteiger partial charge in [-0.2, -0.15) is 0 Å². The number of carboxylic acid groups (broad SMARTS) is 1. The molecule has 0 heterocycles. The van der Waals surface area contributed by atoms with Crippen LogP contribution in [0.5, 0.6) is 0 Å². The number of rotatable bonds is 1. The number of carbonyl (C=O) groups is 2. The summed E-state index contributed by atoms with van der Waals surface area (Å²) in [6.07, 6.45) is 0. The second-order valence-electron chi connectivity index (χ2n) is 2.87. The van der Waals surface area contributed by atoms with Crippen LogP contribution in [0.1, 0.15) is 20.8 Å². The molecular formula is C6H9NaO3. The molecule has 0 saturated carbocycles. The van der Waals surface area contributed by atoms with Gasteiger partial charge < -0.3 is 9.90 Å². The molecule has 0 fully saturated rings. The summed E-state index contributed by atoms with van der Waals surface area (Å²) < 4.78 is 0. The van der Waals surface area contributed by atoms with E-state index in [1.54, 1.807) is 0 Å². The van der Waals surface area contributed by atoms with Gasteiger partial charge in [-0.1, -0.05) is 20.8 Å². The van der Waals surface area contributed by atoms with Gasteiger partial charge in [0.05, 0.1) is 0 Å². The van der Waals surface area contributed by atoms with Gasteiger partial charge in [0.2, 0.25) is 0 Å². The molecule has 0 N–H and O–H groups in total. The Morgan fingerprint density at radius 2 is 1.50 bits per heavy atom. The minimum absolute atomic E-state index is 0. The molecule has 0 amide bonds. The van der Waals surface area contributed by atoms with Crippen LogP contribution in [0.2, 0.25) is 0 Å². The van der Waals surface area contributed by atoms with Crippen LogP contribution in [0, 0.1) is 5.41 Å². The van der Waals surface area contributed by atoms with Crippen molar-refractivity contribution < 1.29 is 44.3 Å². The number of hydrogen-bond donors (Lipinski definition) is 0. The average molecular weight is 152 g/mol. The molecule has 0 radical (unpaired) electrons. The smallest absolute Gasteiger partial charge is 0.542 e. The van der Waals surface area contributed by atoms with Crippen LogP contribution in [0.3, 0.4) is 0 Å². The van der Waals surface area contributed by atoms with Crippen molar-refractivity contribution in [2.24, 2.45) is 5.41 Å². The van der Waals surface area contributed by atoms with Crippen LogP contribution in [0.15, 0.2) is 0 Å². The summed E-state index contributed by atoms with van der Waals surface area (Å²) in [5, 5.41) is 9.89. The van der Waals surface area contributed by atoms with Gasteiger partial charge in [-0.15, -0.1) is 0 Å². The molecule has 0 aromatic heterocycles. The van der Waals surface area contributed by atoms with Gasteiger partial charge in [-0.3, -0.25) is 4.79 Å². The van der Waals surface area contributed by atoms with Gasteiger partial charge in [0, 0.05) is 5.41 Å². The summed E-state index contributed by atoms with van der Waals surface area (Å²) in [6, 6.07) is 0. The average Bonchev–Trinajstić information content (AvgIpc) is 1.62. The predicted octanol–water partition coefficient (Wildman–Crippen LogP) is -3.64. The third-order valence-electron chi connectivity index (χ3n) is 0.867. The van der Waals surface area contributed by atoms with Crippen LogP contribution in [-0.2, 0) is 9.59 Å². The fourth-order valence-corrected chi connectivity index (χ4v) is 0.306. The topological polar surface area (TPSA) is 57.2 Å². The maximum absolute atomic E-state index is 10.5. The Hall–Kier alpha value is 0.140.